The van der Waals surface area contributed by atoms with E-state index in [1.165, 1.54) is 6.42 Å². The lowest BCUT2D eigenvalue weighted by atomic mass is 9.39. The fourth-order valence-corrected chi connectivity index (χ4v) is 4.82. The molecule has 19 heavy (non-hydrogen) atoms. The number of aryl methyl sites for hydroxylation is 1. The van der Waals surface area contributed by atoms with E-state index in [0.29, 0.717) is 11.3 Å². The molecule has 3 fully saturated rings. The zero-order valence-electron chi connectivity index (χ0n) is 12.1. The van der Waals surface area contributed by atoms with Crippen LogP contribution in [0.4, 0.5) is 0 Å². The topological polar surface area (TPSA) is 34.7 Å². The van der Waals surface area contributed by atoms with Gasteiger partial charge in [-0.25, -0.2) is 0 Å². The third-order valence-corrected chi connectivity index (χ3v) is 6.26. The van der Waals surface area contributed by atoms with Crippen LogP contribution in [0.5, 0.6) is 0 Å². The van der Waals surface area contributed by atoms with Crippen molar-refractivity contribution in [1.29, 1.82) is 0 Å². The third kappa shape index (κ3) is 1.17. The van der Waals surface area contributed by atoms with Gasteiger partial charge in [0.2, 0.25) is 0 Å². The van der Waals surface area contributed by atoms with E-state index in [2.05, 4.69) is 25.9 Å². The Morgan fingerprint density at radius 2 is 2.05 bits per heavy atom. The summed E-state index contributed by atoms with van der Waals surface area (Å²) in [6.45, 7) is 9.17. The number of rotatable bonds is 1. The third-order valence-electron chi connectivity index (χ3n) is 6.26. The summed E-state index contributed by atoms with van der Waals surface area (Å²) >= 11 is 0. The summed E-state index contributed by atoms with van der Waals surface area (Å²) in [5.41, 5.74) is 2.70. The molecule has 3 nitrogen and oxygen atoms in total. The molecule has 1 aromatic heterocycles. The van der Waals surface area contributed by atoms with E-state index in [1.807, 2.05) is 13.0 Å². The Morgan fingerprint density at radius 1 is 1.26 bits per heavy atom. The number of oxime groups is 1. The monoisotopic (exact) mass is 259 g/mol. The highest BCUT2D eigenvalue weighted by atomic mass is 16.6. The fourth-order valence-electron chi connectivity index (χ4n) is 4.82. The molecular weight excluding hydrogens is 238 g/mol. The van der Waals surface area contributed by atoms with Crippen LogP contribution in [0.25, 0.3) is 0 Å². The van der Waals surface area contributed by atoms with Gasteiger partial charge in [-0.2, -0.15) is 0 Å². The van der Waals surface area contributed by atoms with Gasteiger partial charge < -0.3 is 9.25 Å². The smallest absolute Gasteiger partial charge is 0.139 e. The molecular formula is C16H21NO2. The number of hydrogen-bond acceptors (Lipinski definition) is 3. The van der Waals surface area contributed by atoms with Crippen molar-refractivity contribution in [2.75, 3.05) is 0 Å². The fraction of sp³-hybridized carbons (Fsp3) is 0.688. The molecule has 0 spiro atoms. The molecule has 2 heterocycles. The first-order valence-electron chi connectivity index (χ1n) is 7.24. The van der Waals surface area contributed by atoms with E-state index in [4.69, 9.17) is 9.25 Å². The van der Waals surface area contributed by atoms with E-state index in [1.54, 1.807) is 6.26 Å². The minimum Gasteiger partial charge on any atom is -0.469 e. The van der Waals surface area contributed by atoms with Crippen molar-refractivity contribution in [3.8, 4) is 0 Å². The summed E-state index contributed by atoms with van der Waals surface area (Å²) in [6, 6.07) is 2.03. The highest BCUT2D eigenvalue weighted by Gasteiger charge is 2.68. The molecule has 1 aliphatic heterocycles. The Morgan fingerprint density at radius 3 is 2.68 bits per heavy atom. The predicted molar refractivity (Wildman–Crippen MR) is 73.0 cm³/mol. The molecule has 4 unspecified atom stereocenters. The largest absolute Gasteiger partial charge is 0.469 e. The summed E-state index contributed by atoms with van der Waals surface area (Å²) in [6.07, 6.45) is 4.47. The molecule has 0 radical (unpaired) electrons. The lowest BCUT2D eigenvalue weighted by Gasteiger charge is -2.64. The number of hydrogen-bond donors (Lipinski definition) is 0. The van der Waals surface area contributed by atoms with E-state index < -0.39 is 0 Å². The van der Waals surface area contributed by atoms with Gasteiger partial charge in [0.1, 0.15) is 17.6 Å². The van der Waals surface area contributed by atoms with Crippen LogP contribution in [0.2, 0.25) is 0 Å². The van der Waals surface area contributed by atoms with E-state index >= 15 is 0 Å². The average Bonchev–Trinajstić information content (AvgIpc) is 2.90. The van der Waals surface area contributed by atoms with Gasteiger partial charge >= 0.3 is 0 Å². The Kier molecular flexibility index (Phi) is 1.98. The maximum Gasteiger partial charge on any atom is 0.139 e. The molecule has 102 valence electrons. The van der Waals surface area contributed by atoms with E-state index in [-0.39, 0.29) is 11.5 Å². The van der Waals surface area contributed by atoms with Crippen molar-refractivity contribution in [3.63, 3.8) is 0 Å². The highest BCUT2D eigenvalue weighted by Crippen LogP contribution is 2.68. The number of nitrogens with zero attached hydrogens (tertiary/aromatic N) is 1. The lowest BCUT2D eigenvalue weighted by Crippen LogP contribution is -2.63. The molecule has 1 aromatic rings. The predicted octanol–water partition coefficient (Wildman–Crippen LogP) is 3.76. The van der Waals surface area contributed by atoms with Crippen molar-refractivity contribution >= 4 is 5.71 Å². The zero-order valence-corrected chi connectivity index (χ0v) is 12.1. The lowest BCUT2D eigenvalue weighted by molar-refractivity contribution is -0.180. The van der Waals surface area contributed by atoms with Gasteiger partial charge in [-0.1, -0.05) is 19.0 Å². The van der Waals surface area contributed by atoms with Gasteiger partial charge in [-0.15, -0.1) is 0 Å². The highest BCUT2D eigenvalue weighted by molar-refractivity contribution is 6.06. The summed E-state index contributed by atoms with van der Waals surface area (Å²) in [5.74, 6) is 2.42. The molecule has 3 heteroatoms. The first-order valence-corrected chi connectivity index (χ1v) is 7.24. The molecule has 0 aromatic carbocycles. The molecule has 3 saturated carbocycles. The molecule has 4 atom stereocenters. The molecule has 5 rings (SSSR count). The van der Waals surface area contributed by atoms with Gasteiger partial charge in [-0.05, 0) is 50.0 Å². The summed E-state index contributed by atoms with van der Waals surface area (Å²) in [4.78, 5) is 5.79. The average molecular weight is 259 g/mol. The summed E-state index contributed by atoms with van der Waals surface area (Å²) < 4.78 is 5.47. The van der Waals surface area contributed by atoms with E-state index in [0.717, 1.165) is 29.4 Å². The van der Waals surface area contributed by atoms with Crippen LogP contribution in [-0.2, 0) is 4.84 Å². The van der Waals surface area contributed by atoms with Crippen molar-refractivity contribution in [3.05, 3.63) is 23.7 Å². The summed E-state index contributed by atoms with van der Waals surface area (Å²) in [7, 11) is 0. The molecule has 0 saturated heterocycles. The minimum atomic E-state index is 0.0485. The first kappa shape index (κ1) is 11.6. The van der Waals surface area contributed by atoms with Gasteiger partial charge in [0.15, 0.2) is 0 Å². The first-order chi connectivity index (χ1) is 8.95. The van der Waals surface area contributed by atoms with Gasteiger partial charge in [0.25, 0.3) is 0 Å². The molecule has 4 aliphatic rings. The van der Waals surface area contributed by atoms with E-state index in [9.17, 15) is 0 Å². The van der Waals surface area contributed by atoms with Gasteiger partial charge in [0.05, 0.1) is 11.7 Å². The Balaban J connectivity index is 1.81. The van der Waals surface area contributed by atoms with Crippen LogP contribution >= 0.6 is 0 Å². The maximum atomic E-state index is 5.79. The number of furan rings is 1. The standard InChI is InChI=1S/C16H21NO2/c1-9-11(5-6-18-9)14-16(4)12-7-10(15(12,2)3)8-13(16)19-17-14/h5-6,10,12-13H,7-8H2,1-4H3. The zero-order chi connectivity index (χ0) is 13.4. The van der Waals surface area contributed by atoms with Crippen LogP contribution < -0.4 is 0 Å². The molecule has 2 bridgehead atoms. The normalized spacial score (nSPS) is 42.1. The second-order valence-electron chi connectivity index (χ2n) is 7.25. The second kappa shape index (κ2) is 3.25. The Labute approximate surface area is 114 Å². The van der Waals surface area contributed by atoms with Gasteiger partial charge in [-0.3, -0.25) is 0 Å². The van der Waals surface area contributed by atoms with Crippen LogP contribution in [0.15, 0.2) is 21.9 Å². The quantitative estimate of drug-likeness (QED) is 0.769. The molecule has 3 aliphatic carbocycles. The van der Waals surface area contributed by atoms with Crippen molar-refractivity contribution < 1.29 is 9.25 Å². The van der Waals surface area contributed by atoms with Crippen molar-refractivity contribution in [2.45, 2.75) is 46.6 Å². The second-order valence-corrected chi connectivity index (χ2v) is 7.25. The minimum absolute atomic E-state index is 0.0485. The van der Waals surface area contributed by atoms with Crippen LogP contribution in [0, 0.1) is 29.6 Å². The van der Waals surface area contributed by atoms with Crippen molar-refractivity contribution in [2.24, 2.45) is 27.8 Å². The van der Waals surface area contributed by atoms with Crippen LogP contribution in [-0.4, -0.2) is 11.8 Å². The summed E-state index contributed by atoms with van der Waals surface area (Å²) in [5, 5.41) is 4.45. The van der Waals surface area contributed by atoms with Gasteiger partial charge in [0, 0.05) is 5.56 Å². The SMILES string of the molecule is Cc1occc1C1=NOC2CC3CC(C3(C)C)C12C. The maximum absolute atomic E-state index is 5.79. The van der Waals surface area contributed by atoms with Crippen LogP contribution in [0.1, 0.15) is 44.9 Å². The molecule has 0 amide bonds. The van der Waals surface area contributed by atoms with Crippen molar-refractivity contribution in [1.82, 2.24) is 0 Å². The Hall–Kier alpha value is -1.25. The Bertz CT molecular complexity index is 571. The van der Waals surface area contributed by atoms with Crippen LogP contribution in [0.3, 0.4) is 0 Å². The molecule has 0 N–H and O–H groups in total.